The molecule has 0 bridgehead atoms. The van der Waals surface area contributed by atoms with Crippen LogP contribution in [-0.4, -0.2) is 69.9 Å². The lowest BCUT2D eigenvalue weighted by atomic mass is 10.7. The van der Waals surface area contributed by atoms with Gasteiger partial charge in [-0.15, -0.1) is 0 Å². The molecule has 0 saturated carbocycles. The van der Waals surface area contributed by atoms with E-state index in [1.807, 2.05) is 0 Å². The maximum absolute atomic E-state index is 9.54. The number of carbonyl (C=O) groups is 3. The van der Waals surface area contributed by atoms with Gasteiger partial charge in [0.1, 0.15) is 0 Å². The first kappa shape index (κ1) is 23.7. The molecular weight excluding hydrogens is 218 g/mol. The first-order valence-corrected chi connectivity index (χ1v) is 3.49. The highest BCUT2D eigenvalue weighted by atomic mass is 24.3. The zero-order valence-electron chi connectivity index (χ0n) is 8.27. The molecule has 0 unspecified atom stereocenters. The standard InChI is InChI=1S/C3H7NO2.2C2H4O2.Mg.2H/c1-4-2-3(5)6;2*1-2(3)4;;;/h4H,2H2,1H3,(H,5,6);2*1H3,(H,3,4);;;. The van der Waals surface area contributed by atoms with E-state index in [4.69, 9.17) is 24.9 Å². The van der Waals surface area contributed by atoms with Gasteiger partial charge in [-0.05, 0) is 7.05 Å². The van der Waals surface area contributed by atoms with Crippen LogP contribution in [0.15, 0.2) is 0 Å². The van der Waals surface area contributed by atoms with Gasteiger partial charge < -0.3 is 20.6 Å². The number of rotatable bonds is 2. The molecule has 15 heavy (non-hydrogen) atoms. The summed E-state index contributed by atoms with van der Waals surface area (Å²) in [5, 5.41) is 25.2. The van der Waals surface area contributed by atoms with Crippen molar-refractivity contribution in [3.63, 3.8) is 0 Å². The van der Waals surface area contributed by atoms with Crippen LogP contribution in [0, 0.1) is 0 Å². The molecule has 4 N–H and O–H groups in total. The van der Waals surface area contributed by atoms with Gasteiger partial charge in [0.25, 0.3) is 11.9 Å². The van der Waals surface area contributed by atoms with Crippen LogP contribution in [0.5, 0.6) is 0 Å². The van der Waals surface area contributed by atoms with Crippen molar-refractivity contribution in [2.75, 3.05) is 13.6 Å². The van der Waals surface area contributed by atoms with E-state index < -0.39 is 17.9 Å². The molecule has 0 aromatic rings. The maximum atomic E-state index is 9.54. The Hall–Kier alpha value is -0.864. The van der Waals surface area contributed by atoms with Gasteiger partial charge in [0.2, 0.25) is 0 Å². The van der Waals surface area contributed by atoms with Crippen molar-refractivity contribution in [3.8, 4) is 0 Å². The van der Waals surface area contributed by atoms with Gasteiger partial charge in [-0.1, -0.05) is 0 Å². The van der Waals surface area contributed by atoms with Gasteiger partial charge in [0.05, 0.1) is 6.54 Å². The van der Waals surface area contributed by atoms with Crippen LogP contribution in [0.1, 0.15) is 13.8 Å². The lowest BCUT2D eigenvalue weighted by Crippen LogP contribution is -2.16. The highest BCUT2D eigenvalue weighted by Crippen LogP contribution is 1.50. The number of hydrogen-bond donors (Lipinski definition) is 4. The van der Waals surface area contributed by atoms with Crippen molar-refractivity contribution >= 4 is 41.0 Å². The Bertz CT molecular complexity index is 164. The maximum Gasteiger partial charge on any atom is 0.317 e. The Labute approximate surface area is 104 Å². The van der Waals surface area contributed by atoms with E-state index in [1.54, 1.807) is 7.05 Å². The predicted octanol–water partition coefficient (Wildman–Crippen LogP) is -1.44. The second-order valence-corrected chi connectivity index (χ2v) is 1.96. The average molecular weight is 236 g/mol. The normalized spacial score (nSPS) is 6.60. The largest absolute Gasteiger partial charge is 0.481 e. The van der Waals surface area contributed by atoms with Crippen molar-refractivity contribution in [1.29, 1.82) is 0 Å². The Morgan fingerprint density at radius 1 is 1.00 bits per heavy atom. The van der Waals surface area contributed by atoms with E-state index in [-0.39, 0.29) is 29.6 Å². The number of hydrogen-bond acceptors (Lipinski definition) is 4. The molecule has 0 atom stereocenters. The molecule has 0 aromatic carbocycles. The second-order valence-electron chi connectivity index (χ2n) is 1.96. The summed E-state index contributed by atoms with van der Waals surface area (Å²) in [6, 6.07) is 0. The number of aliphatic carboxylic acids is 3. The minimum Gasteiger partial charge on any atom is -0.481 e. The van der Waals surface area contributed by atoms with Crippen molar-refractivity contribution in [2.24, 2.45) is 0 Å². The fourth-order valence-electron chi connectivity index (χ4n) is 0.151. The van der Waals surface area contributed by atoms with E-state index in [1.165, 1.54) is 0 Å². The van der Waals surface area contributed by atoms with E-state index in [9.17, 15) is 4.79 Å². The fourth-order valence-corrected chi connectivity index (χ4v) is 0.151. The molecule has 0 aromatic heterocycles. The minimum atomic E-state index is -0.833. The lowest BCUT2D eigenvalue weighted by molar-refractivity contribution is -0.136. The summed E-state index contributed by atoms with van der Waals surface area (Å²) < 4.78 is 0. The number of nitrogens with one attached hydrogen (secondary N) is 1. The summed E-state index contributed by atoms with van der Waals surface area (Å²) in [4.78, 5) is 27.5. The molecule has 0 aliphatic heterocycles. The summed E-state index contributed by atoms with van der Waals surface area (Å²) in [6.07, 6.45) is 0. The highest BCUT2D eigenvalue weighted by molar-refractivity contribution is 5.75. The molecule has 7 nitrogen and oxygen atoms in total. The summed E-state index contributed by atoms with van der Waals surface area (Å²) in [7, 11) is 1.59. The third-order valence-electron chi connectivity index (χ3n) is 0.328. The molecule has 0 amide bonds. The summed E-state index contributed by atoms with van der Waals surface area (Å²) >= 11 is 0. The van der Waals surface area contributed by atoms with E-state index in [0.29, 0.717) is 0 Å². The predicted molar refractivity (Wildman–Crippen MR) is 56.7 cm³/mol. The van der Waals surface area contributed by atoms with Gasteiger partial charge in [-0.3, -0.25) is 14.4 Å². The molecule has 8 heteroatoms. The first-order valence-electron chi connectivity index (χ1n) is 3.49. The lowest BCUT2D eigenvalue weighted by Gasteiger charge is -1.84. The van der Waals surface area contributed by atoms with E-state index >= 15 is 0 Å². The van der Waals surface area contributed by atoms with E-state index in [0.717, 1.165) is 13.8 Å². The molecule has 0 heterocycles. The average Bonchev–Trinajstić information content (AvgIpc) is 1.82. The van der Waals surface area contributed by atoms with Gasteiger partial charge >= 0.3 is 29.0 Å². The van der Waals surface area contributed by atoms with Crippen molar-refractivity contribution in [3.05, 3.63) is 0 Å². The van der Waals surface area contributed by atoms with Crippen molar-refractivity contribution < 1.29 is 29.7 Å². The molecule has 0 rings (SSSR count). The van der Waals surface area contributed by atoms with E-state index in [2.05, 4.69) is 5.32 Å². The molecule has 0 saturated heterocycles. The second kappa shape index (κ2) is 18.8. The van der Waals surface area contributed by atoms with Crippen LogP contribution in [0.2, 0.25) is 0 Å². The molecule has 0 radical (unpaired) electrons. The quantitative estimate of drug-likeness (QED) is 0.432. The zero-order chi connectivity index (χ0) is 12.1. The van der Waals surface area contributed by atoms with Crippen LogP contribution < -0.4 is 5.32 Å². The Morgan fingerprint density at radius 3 is 1.20 bits per heavy atom. The monoisotopic (exact) mass is 235 g/mol. The summed E-state index contributed by atoms with van der Waals surface area (Å²) in [5.74, 6) is -2.49. The van der Waals surface area contributed by atoms with Gasteiger partial charge in [-0.2, -0.15) is 0 Å². The van der Waals surface area contributed by atoms with Crippen LogP contribution in [0.4, 0.5) is 0 Å². The molecular formula is C7H17MgNO6. The third-order valence-corrected chi connectivity index (χ3v) is 0.328. The number of carboxylic acid groups (broad SMARTS) is 3. The smallest absolute Gasteiger partial charge is 0.317 e. The third kappa shape index (κ3) is 357. The fraction of sp³-hybridized carbons (Fsp3) is 0.571. The SMILES string of the molecule is CC(=O)O.CC(=O)O.CNCC(=O)O.[MgH2]. The number of likely N-dealkylation sites (N-methyl/N-ethyl adjacent to an activating group) is 1. The van der Waals surface area contributed by atoms with Crippen molar-refractivity contribution in [1.82, 2.24) is 5.32 Å². The zero-order valence-corrected chi connectivity index (χ0v) is 8.27. The molecule has 0 aliphatic rings. The van der Waals surface area contributed by atoms with Gasteiger partial charge in [0.15, 0.2) is 0 Å². The Balaban J connectivity index is -0.0000000606. The summed E-state index contributed by atoms with van der Waals surface area (Å²) in [6.45, 7) is 2.21. The first-order chi connectivity index (χ1) is 6.23. The Kier molecular flexibility index (Phi) is 29.8. The van der Waals surface area contributed by atoms with Crippen LogP contribution in [-0.2, 0) is 14.4 Å². The molecule has 0 aliphatic carbocycles. The van der Waals surface area contributed by atoms with Crippen LogP contribution >= 0.6 is 0 Å². The topological polar surface area (TPSA) is 124 Å². The van der Waals surface area contributed by atoms with Crippen LogP contribution in [0.25, 0.3) is 0 Å². The molecule has 0 spiro atoms. The Morgan fingerprint density at radius 2 is 1.20 bits per heavy atom. The summed E-state index contributed by atoms with van der Waals surface area (Å²) in [5.41, 5.74) is 0. The van der Waals surface area contributed by atoms with Crippen LogP contribution in [0.3, 0.4) is 0 Å². The van der Waals surface area contributed by atoms with Crippen molar-refractivity contribution in [2.45, 2.75) is 13.8 Å². The molecule has 0 fully saturated rings. The minimum absolute atomic E-state index is 0. The highest BCUT2D eigenvalue weighted by Gasteiger charge is 1.86. The van der Waals surface area contributed by atoms with Gasteiger partial charge in [-0.25, -0.2) is 0 Å². The molecule has 88 valence electrons. The number of carboxylic acids is 3. The van der Waals surface area contributed by atoms with Gasteiger partial charge in [0, 0.05) is 13.8 Å².